The molecule has 5 nitrogen and oxygen atoms in total. The maximum atomic E-state index is 13.3. The van der Waals surface area contributed by atoms with Crippen LogP contribution in [-0.2, 0) is 22.4 Å². The second-order valence-corrected chi connectivity index (χ2v) is 8.75. The lowest BCUT2D eigenvalue weighted by molar-refractivity contribution is -0.123. The number of nitrogens with one attached hydrogen (secondary N) is 1. The standard InChI is InChI=1S/C29H31N3O2/c1-3-22-15-17-24(18-16-22)26-19-29(34)32(27-12-8-7-11-25(27)31-26)20-28(33)30-21(2)13-14-23-9-5-4-6-10-23/h4-12,15-18,21H,3,13-14,19-20H2,1-2H3,(H,30,33)/t21-/m0/s1. The van der Waals surface area contributed by atoms with Crippen molar-refractivity contribution in [3.8, 4) is 0 Å². The summed E-state index contributed by atoms with van der Waals surface area (Å²) in [6.45, 7) is 4.09. The first-order valence-electron chi connectivity index (χ1n) is 11.9. The third-order valence-electron chi connectivity index (χ3n) is 6.16. The highest BCUT2D eigenvalue weighted by Gasteiger charge is 2.27. The van der Waals surface area contributed by atoms with Crippen LogP contribution < -0.4 is 10.2 Å². The van der Waals surface area contributed by atoms with Gasteiger partial charge in [-0.1, -0.05) is 73.7 Å². The molecule has 1 aliphatic heterocycles. The maximum absolute atomic E-state index is 13.3. The van der Waals surface area contributed by atoms with Crippen LogP contribution in [0.5, 0.6) is 0 Å². The Morgan fingerprint density at radius 3 is 2.41 bits per heavy atom. The molecule has 3 aromatic rings. The lowest BCUT2D eigenvalue weighted by Gasteiger charge is -2.23. The van der Waals surface area contributed by atoms with E-state index >= 15 is 0 Å². The quantitative estimate of drug-likeness (QED) is 0.507. The summed E-state index contributed by atoms with van der Waals surface area (Å²) in [7, 11) is 0. The molecule has 0 radical (unpaired) electrons. The number of fused-ring (bicyclic) bond motifs is 1. The van der Waals surface area contributed by atoms with Crippen LogP contribution in [0.1, 0.15) is 43.4 Å². The molecule has 0 aromatic heterocycles. The SMILES string of the molecule is CCc1ccc(C2=Nc3ccccc3N(CC(=O)N[C@@H](C)CCc3ccccc3)C(=O)C2)cc1. The van der Waals surface area contributed by atoms with E-state index in [-0.39, 0.29) is 30.8 Å². The molecule has 5 heteroatoms. The molecule has 1 heterocycles. The Labute approximate surface area is 201 Å². The summed E-state index contributed by atoms with van der Waals surface area (Å²) in [4.78, 5) is 32.5. The molecule has 0 aliphatic carbocycles. The Kier molecular flexibility index (Phi) is 7.53. The van der Waals surface area contributed by atoms with Crippen LogP contribution in [-0.4, -0.2) is 30.1 Å². The number of benzene rings is 3. The maximum Gasteiger partial charge on any atom is 0.240 e. The topological polar surface area (TPSA) is 61.8 Å². The van der Waals surface area contributed by atoms with Crippen molar-refractivity contribution in [1.82, 2.24) is 5.32 Å². The van der Waals surface area contributed by atoms with Gasteiger partial charge in [-0.05, 0) is 55.0 Å². The van der Waals surface area contributed by atoms with E-state index in [1.807, 2.05) is 61.5 Å². The molecule has 3 aromatic carbocycles. The smallest absolute Gasteiger partial charge is 0.240 e. The average molecular weight is 454 g/mol. The summed E-state index contributed by atoms with van der Waals surface area (Å²) in [6, 6.07) is 25.9. The minimum atomic E-state index is -0.167. The summed E-state index contributed by atoms with van der Waals surface area (Å²) in [5.41, 5.74) is 5.51. The van der Waals surface area contributed by atoms with E-state index in [1.54, 1.807) is 4.90 Å². The Balaban J connectivity index is 1.45. The van der Waals surface area contributed by atoms with Crippen molar-refractivity contribution in [2.24, 2.45) is 4.99 Å². The number of aryl methyl sites for hydroxylation is 2. The Hall–Kier alpha value is -3.73. The fraction of sp³-hybridized carbons (Fsp3) is 0.276. The van der Waals surface area contributed by atoms with Crippen molar-refractivity contribution in [3.63, 3.8) is 0 Å². The van der Waals surface area contributed by atoms with Crippen LogP contribution in [0.25, 0.3) is 0 Å². The van der Waals surface area contributed by atoms with E-state index in [0.717, 1.165) is 30.5 Å². The van der Waals surface area contributed by atoms with Gasteiger partial charge < -0.3 is 10.2 Å². The summed E-state index contributed by atoms with van der Waals surface area (Å²) in [6.07, 6.45) is 2.83. The lowest BCUT2D eigenvalue weighted by atomic mass is 10.0. The van der Waals surface area contributed by atoms with Gasteiger partial charge in [0.05, 0.1) is 23.5 Å². The second-order valence-electron chi connectivity index (χ2n) is 8.75. The van der Waals surface area contributed by atoms with Gasteiger partial charge in [-0.15, -0.1) is 0 Å². The first kappa shape index (κ1) is 23.4. The molecule has 0 spiro atoms. The predicted octanol–water partition coefficient (Wildman–Crippen LogP) is 5.24. The zero-order chi connectivity index (χ0) is 23.9. The average Bonchev–Trinajstić information content (AvgIpc) is 3.00. The molecular formula is C29H31N3O2. The number of hydrogen-bond donors (Lipinski definition) is 1. The molecule has 0 bridgehead atoms. The molecular weight excluding hydrogens is 422 g/mol. The number of nitrogens with zero attached hydrogens (tertiary/aromatic N) is 2. The number of rotatable bonds is 8. The second kappa shape index (κ2) is 10.9. The van der Waals surface area contributed by atoms with E-state index in [9.17, 15) is 9.59 Å². The van der Waals surface area contributed by atoms with Crippen LogP contribution in [0.2, 0.25) is 0 Å². The highest BCUT2D eigenvalue weighted by Crippen LogP contribution is 2.32. The van der Waals surface area contributed by atoms with Gasteiger partial charge in [0.2, 0.25) is 11.8 Å². The summed E-state index contributed by atoms with van der Waals surface area (Å²) in [5.74, 6) is -0.296. The van der Waals surface area contributed by atoms with E-state index in [1.165, 1.54) is 11.1 Å². The molecule has 0 saturated carbocycles. The minimum absolute atomic E-state index is 0.00826. The van der Waals surface area contributed by atoms with Gasteiger partial charge in [0.25, 0.3) is 0 Å². The normalized spacial score (nSPS) is 14.1. The van der Waals surface area contributed by atoms with Crippen LogP contribution in [0, 0.1) is 0 Å². The van der Waals surface area contributed by atoms with Gasteiger partial charge in [-0.2, -0.15) is 0 Å². The molecule has 1 atom stereocenters. The summed E-state index contributed by atoms with van der Waals surface area (Å²) < 4.78 is 0. The summed E-state index contributed by atoms with van der Waals surface area (Å²) in [5, 5.41) is 3.05. The first-order valence-corrected chi connectivity index (χ1v) is 11.9. The predicted molar refractivity (Wildman–Crippen MR) is 138 cm³/mol. The largest absolute Gasteiger partial charge is 0.352 e. The van der Waals surface area contributed by atoms with Crippen LogP contribution in [0.15, 0.2) is 83.9 Å². The molecule has 174 valence electrons. The number of aliphatic imine (C=N–C) groups is 1. The highest BCUT2D eigenvalue weighted by atomic mass is 16.2. The van der Waals surface area contributed by atoms with Gasteiger partial charge in [-0.3, -0.25) is 14.6 Å². The third kappa shape index (κ3) is 5.79. The number of para-hydroxylation sites is 2. The Bertz CT molecular complexity index is 1170. The van der Waals surface area contributed by atoms with Crippen LogP contribution in [0.3, 0.4) is 0 Å². The van der Waals surface area contributed by atoms with E-state index in [0.29, 0.717) is 11.4 Å². The third-order valence-corrected chi connectivity index (χ3v) is 6.16. The number of amides is 2. The molecule has 0 fully saturated rings. The zero-order valence-electron chi connectivity index (χ0n) is 19.8. The fourth-order valence-electron chi connectivity index (χ4n) is 4.18. The minimum Gasteiger partial charge on any atom is -0.352 e. The number of carbonyl (C=O) groups excluding carboxylic acids is 2. The monoisotopic (exact) mass is 453 g/mol. The molecule has 0 unspecified atom stereocenters. The van der Waals surface area contributed by atoms with Gasteiger partial charge in [0, 0.05) is 6.04 Å². The molecule has 34 heavy (non-hydrogen) atoms. The van der Waals surface area contributed by atoms with Gasteiger partial charge in [0.1, 0.15) is 6.54 Å². The molecule has 2 amide bonds. The van der Waals surface area contributed by atoms with Crippen LogP contribution >= 0.6 is 0 Å². The fourth-order valence-corrected chi connectivity index (χ4v) is 4.18. The molecule has 4 rings (SSSR count). The summed E-state index contributed by atoms with van der Waals surface area (Å²) >= 11 is 0. The van der Waals surface area contributed by atoms with Crippen molar-refractivity contribution < 1.29 is 9.59 Å². The number of carbonyl (C=O) groups is 2. The van der Waals surface area contributed by atoms with Crippen molar-refractivity contribution in [2.75, 3.05) is 11.4 Å². The van der Waals surface area contributed by atoms with E-state index < -0.39 is 0 Å². The van der Waals surface area contributed by atoms with Crippen molar-refractivity contribution in [3.05, 3.63) is 95.6 Å². The van der Waals surface area contributed by atoms with Crippen molar-refractivity contribution >= 4 is 28.9 Å². The highest BCUT2D eigenvalue weighted by molar-refractivity contribution is 6.18. The van der Waals surface area contributed by atoms with Gasteiger partial charge in [-0.25, -0.2) is 0 Å². The van der Waals surface area contributed by atoms with E-state index in [4.69, 9.17) is 4.99 Å². The Morgan fingerprint density at radius 1 is 0.971 bits per heavy atom. The van der Waals surface area contributed by atoms with Gasteiger partial charge >= 0.3 is 0 Å². The Morgan fingerprint density at radius 2 is 1.68 bits per heavy atom. The molecule has 1 N–H and O–H groups in total. The van der Waals surface area contributed by atoms with Crippen molar-refractivity contribution in [2.45, 2.75) is 45.6 Å². The lowest BCUT2D eigenvalue weighted by Crippen LogP contribution is -2.43. The molecule has 0 saturated heterocycles. The van der Waals surface area contributed by atoms with Gasteiger partial charge in [0.15, 0.2) is 0 Å². The molecule has 1 aliphatic rings. The first-order chi connectivity index (χ1) is 16.5. The number of anilines is 1. The zero-order valence-corrected chi connectivity index (χ0v) is 19.8. The van der Waals surface area contributed by atoms with Crippen molar-refractivity contribution in [1.29, 1.82) is 0 Å². The van der Waals surface area contributed by atoms with E-state index in [2.05, 4.69) is 36.5 Å². The van der Waals surface area contributed by atoms with Crippen LogP contribution in [0.4, 0.5) is 11.4 Å². The number of hydrogen-bond acceptors (Lipinski definition) is 3.